The van der Waals surface area contributed by atoms with E-state index in [1.165, 1.54) is 0 Å². The van der Waals surface area contributed by atoms with E-state index in [9.17, 15) is 34.5 Å². The summed E-state index contributed by atoms with van der Waals surface area (Å²) in [6.45, 7) is 0.405. The Morgan fingerprint density at radius 3 is 2.45 bits per heavy atom. The minimum absolute atomic E-state index is 0.0486. The van der Waals surface area contributed by atoms with Gasteiger partial charge in [-0.2, -0.15) is 0 Å². The first-order valence-electron chi connectivity index (χ1n) is 14.4. The highest BCUT2D eigenvalue weighted by Crippen LogP contribution is 2.53. The Bertz CT molecular complexity index is 1590. The summed E-state index contributed by atoms with van der Waals surface area (Å²) in [4.78, 5) is 57.5. The number of carbonyl (C=O) groups excluding carboxylic acids is 4. The van der Waals surface area contributed by atoms with E-state index < -0.39 is 64.7 Å². The van der Waals surface area contributed by atoms with Gasteiger partial charge in [-0.15, -0.1) is 0 Å². The number of ether oxygens (including phenoxy) is 2. The fourth-order valence-electron chi connectivity index (χ4n) is 7.65. The van der Waals surface area contributed by atoms with Gasteiger partial charge in [0.1, 0.15) is 11.7 Å². The Hall–Kier alpha value is -4.20. The quantitative estimate of drug-likeness (QED) is 0.219. The van der Waals surface area contributed by atoms with Crippen LogP contribution in [-0.2, 0) is 27.3 Å². The maximum atomic E-state index is 14.2. The highest BCUT2D eigenvalue weighted by atomic mass is 16.7. The number of nitrogens with zero attached hydrogens (tertiary/aromatic N) is 2. The van der Waals surface area contributed by atoms with E-state index in [-0.39, 0.29) is 43.2 Å². The van der Waals surface area contributed by atoms with Crippen molar-refractivity contribution in [2.45, 2.75) is 37.1 Å². The molecule has 1 amide bonds. The largest absolute Gasteiger partial charge is 0.505 e. The monoisotopic (exact) mass is 608 g/mol. The lowest BCUT2D eigenvalue weighted by Gasteiger charge is -2.55. The zero-order chi connectivity index (χ0) is 31.8. The van der Waals surface area contributed by atoms with Gasteiger partial charge in [-0.25, -0.2) is 0 Å². The Morgan fingerprint density at radius 1 is 1.09 bits per heavy atom. The SMILES string of the molecule is CN(C)c1cc(NCc2ccc3c(c2)OCO3)c(O)c2c1C[C@@H]1C[C@@H]3[C@@H](N(C)C)C(O)C(C(N)=O)C(=O)[C@]3(O)C(=O)C1C2=O. The molecule has 3 unspecified atom stereocenters. The first-order valence-corrected chi connectivity index (χ1v) is 14.4. The van der Waals surface area contributed by atoms with Crippen LogP contribution in [0.5, 0.6) is 17.2 Å². The van der Waals surface area contributed by atoms with E-state index in [0.29, 0.717) is 22.7 Å². The molecule has 6 rings (SSSR count). The molecular weight excluding hydrogens is 572 g/mol. The number of phenolic OH excluding ortho intramolecular Hbond substituents is 1. The summed E-state index contributed by atoms with van der Waals surface area (Å²) >= 11 is 0. The van der Waals surface area contributed by atoms with E-state index in [4.69, 9.17) is 15.2 Å². The van der Waals surface area contributed by atoms with Crippen molar-refractivity contribution in [1.29, 1.82) is 0 Å². The molecule has 44 heavy (non-hydrogen) atoms. The van der Waals surface area contributed by atoms with Crippen LogP contribution in [0.15, 0.2) is 24.3 Å². The van der Waals surface area contributed by atoms with Gasteiger partial charge in [0.05, 0.1) is 23.3 Å². The predicted molar refractivity (Wildman–Crippen MR) is 157 cm³/mol. The third-order valence-corrected chi connectivity index (χ3v) is 9.67. The van der Waals surface area contributed by atoms with Crippen LogP contribution in [0.2, 0.25) is 0 Å². The normalized spacial score (nSPS) is 30.5. The highest BCUT2D eigenvalue weighted by Gasteiger charge is 2.69. The summed E-state index contributed by atoms with van der Waals surface area (Å²) in [5, 5.41) is 37.5. The second-order valence-electron chi connectivity index (χ2n) is 12.5. The number of ketones is 3. The van der Waals surface area contributed by atoms with Crippen LogP contribution in [0.1, 0.15) is 27.9 Å². The molecule has 0 saturated heterocycles. The number of hydrogen-bond donors (Lipinski definition) is 5. The van der Waals surface area contributed by atoms with Crippen molar-refractivity contribution in [3.05, 3.63) is 41.0 Å². The summed E-state index contributed by atoms with van der Waals surface area (Å²) in [7, 11) is 6.83. The molecule has 2 saturated carbocycles. The fraction of sp³-hybridized carbons (Fsp3) is 0.484. The van der Waals surface area contributed by atoms with Gasteiger partial charge in [0.15, 0.2) is 34.4 Å². The molecule has 3 aliphatic carbocycles. The van der Waals surface area contributed by atoms with Crippen LogP contribution < -0.4 is 25.4 Å². The zero-order valence-corrected chi connectivity index (χ0v) is 24.9. The summed E-state index contributed by atoms with van der Waals surface area (Å²) in [6.07, 6.45) is -1.29. The highest BCUT2D eigenvalue weighted by molar-refractivity contribution is 6.26. The van der Waals surface area contributed by atoms with Gasteiger partial charge < -0.3 is 45.6 Å². The Kier molecular flexibility index (Phi) is 7.10. The molecule has 0 aromatic heterocycles. The van der Waals surface area contributed by atoms with Gasteiger partial charge in [0.25, 0.3) is 0 Å². The van der Waals surface area contributed by atoms with Crippen molar-refractivity contribution >= 4 is 34.6 Å². The number of likely N-dealkylation sites (N-methyl/N-ethyl adjacent to an activating group) is 1. The molecule has 2 fully saturated rings. The van der Waals surface area contributed by atoms with Crippen LogP contribution in [0, 0.1) is 23.7 Å². The second kappa shape index (κ2) is 10.5. The number of aliphatic hydroxyl groups excluding tert-OH is 1. The van der Waals surface area contributed by atoms with E-state index in [0.717, 1.165) is 5.56 Å². The van der Waals surface area contributed by atoms with Gasteiger partial charge in [0, 0.05) is 38.3 Å². The molecule has 7 atom stereocenters. The number of benzene rings is 2. The van der Waals surface area contributed by atoms with Crippen LogP contribution in [0.25, 0.3) is 0 Å². The first kappa shape index (κ1) is 29.9. The molecule has 6 N–H and O–H groups in total. The van der Waals surface area contributed by atoms with E-state index in [1.54, 1.807) is 45.2 Å². The van der Waals surface area contributed by atoms with Crippen LogP contribution in [0.4, 0.5) is 11.4 Å². The first-order chi connectivity index (χ1) is 20.8. The number of rotatable bonds is 6. The second-order valence-corrected chi connectivity index (χ2v) is 12.5. The molecule has 1 heterocycles. The van der Waals surface area contributed by atoms with Gasteiger partial charge in [-0.1, -0.05) is 6.07 Å². The topological polar surface area (TPSA) is 192 Å². The molecule has 1 aliphatic heterocycles. The number of aliphatic hydroxyl groups is 2. The molecule has 13 heteroatoms. The maximum Gasteiger partial charge on any atom is 0.231 e. The number of carbonyl (C=O) groups is 4. The van der Waals surface area contributed by atoms with Gasteiger partial charge in [-0.05, 0) is 62.2 Å². The van der Waals surface area contributed by atoms with E-state index in [1.807, 2.05) is 17.0 Å². The van der Waals surface area contributed by atoms with Crippen LogP contribution in [-0.4, -0.2) is 96.2 Å². The lowest BCUT2D eigenvalue weighted by molar-refractivity contribution is -0.190. The lowest BCUT2D eigenvalue weighted by Crippen LogP contribution is -2.75. The minimum atomic E-state index is -2.71. The lowest BCUT2D eigenvalue weighted by atomic mass is 9.52. The number of Topliss-reactive ketones (excluding diaryl/α,β-unsaturated/α-hetero) is 3. The molecule has 0 bridgehead atoms. The van der Waals surface area contributed by atoms with Crippen molar-refractivity contribution in [2.24, 2.45) is 29.4 Å². The number of phenols is 1. The number of anilines is 2. The average molecular weight is 609 g/mol. The molecule has 234 valence electrons. The number of nitrogens with one attached hydrogen (secondary N) is 1. The van der Waals surface area contributed by atoms with Crippen LogP contribution >= 0.6 is 0 Å². The molecule has 0 spiro atoms. The summed E-state index contributed by atoms with van der Waals surface area (Å²) in [5.74, 6) is -8.19. The van der Waals surface area contributed by atoms with Gasteiger partial charge >= 0.3 is 0 Å². The summed E-state index contributed by atoms with van der Waals surface area (Å²) in [5.41, 5.74) is 4.98. The third kappa shape index (κ3) is 4.25. The zero-order valence-electron chi connectivity index (χ0n) is 24.9. The maximum absolute atomic E-state index is 14.2. The Morgan fingerprint density at radius 2 is 1.80 bits per heavy atom. The molecule has 4 aliphatic rings. The van der Waals surface area contributed by atoms with Crippen LogP contribution in [0.3, 0.4) is 0 Å². The summed E-state index contributed by atoms with van der Waals surface area (Å²) in [6, 6.07) is 6.21. The standard InChI is InChI=1S/C31H36N4O9/c1-34(2)18-10-17(33-11-13-5-6-19-20(7-13)44-12-43-19)25(36)22-15(18)8-14-9-16-24(35(3)4)27(38)23(30(32)41)29(40)31(16,42)28(39)21(14)26(22)37/h5-7,10,14,16,21,23-24,27,33,36,38,42H,8-9,11-12H2,1-4H3,(H2,32,41)/t14-,16-,21?,23?,24-,27?,31-/m1/s1. The number of nitrogens with two attached hydrogens (primary N) is 1. The predicted octanol–water partition coefficient (Wildman–Crippen LogP) is 0.0656. The third-order valence-electron chi connectivity index (χ3n) is 9.67. The number of fused-ring (bicyclic) bond motifs is 4. The number of hydrogen-bond acceptors (Lipinski definition) is 12. The number of aromatic hydroxyl groups is 1. The molecule has 2 aromatic rings. The minimum Gasteiger partial charge on any atom is -0.505 e. The molecule has 0 radical (unpaired) electrons. The van der Waals surface area contributed by atoms with Gasteiger partial charge in [0.2, 0.25) is 12.7 Å². The smallest absolute Gasteiger partial charge is 0.231 e. The average Bonchev–Trinajstić information content (AvgIpc) is 3.42. The van der Waals surface area contributed by atoms with Crippen molar-refractivity contribution in [2.75, 3.05) is 45.2 Å². The Labute approximate surface area is 253 Å². The fourth-order valence-corrected chi connectivity index (χ4v) is 7.65. The van der Waals surface area contributed by atoms with Crippen molar-refractivity contribution in [1.82, 2.24) is 4.90 Å². The summed E-state index contributed by atoms with van der Waals surface area (Å²) < 4.78 is 10.8. The van der Waals surface area contributed by atoms with Crippen molar-refractivity contribution < 1.29 is 44.0 Å². The van der Waals surface area contributed by atoms with E-state index >= 15 is 0 Å². The molecule has 2 aromatic carbocycles. The van der Waals surface area contributed by atoms with Crippen molar-refractivity contribution in [3.63, 3.8) is 0 Å². The van der Waals surface area contributed by atoms with Gasteiger partial charge in [-0.3, -0.25) is 19.2 Å². The Balaban J connectivity index is 1.39. The van der Waals surface area contributed by atoms with Crippen molar-refractivity contribution in [3.8, 4) is 17.2 Å². The van der Waals surface area contributed by atoms with E-state index in [2.05, 4.69) is 5.32 Å². The molecule has 13 nitrogen and oxygen atoms in total. The molecular formula is C31H36N4O9. The number of primary amides is 1. The number of amides is 1.